The molecule has 0 aliphatic carbocycles. The topological polar surface area (TPSA) is 96.0 Å². The Labute approximate surface area is 229 Å². The van der Waals surface area contributed by atoms with Crippen molar-refractivity contribution in [2.24, 2.45) is 7.05 Å². The van der Waals surface area contributed by atoms with E-state index in [9.17, 15) is 31.6 Å². The van der Waals surface area contributed by atoms with Gasteiger partial charge in [0.15, 0.2) is 5.69 Å². The summed E-state index contributed by atoms with van der Waals surface area (Å²) < 4.78 is 87.9. The lowest BCUT2D eigenvalue weighted by Crippen LogP contribution is -2.47. The molecule has 9 nitrogen and oxygen atoms in total. The summed E-state index contributed by atoms with van der Waals surface area (Å²) in [5, 5.41) is 17.1. The summed E-state index contributed by atoms with van der Waals surface area (Å²) in [6.07, 6.45) is -8.06. The van der Waals surface area contributed by atoms with Crippen molar-refractivity contribution in [3.63, 3.8) is 0 Å². The first-order valence-electron chi connectivity index (χ1n) is 12.4. The minimum Gasteiger partial charge on any atom is -0.492 e. The normalized spacial score (nSPS) is 14.8. The SMILES string of the molecule is Cn1nnc2c(C#N)nc(-c3ccc(OCCN4CCN(c5cc(C(F)(F)F)ccn5)CC4)c(C(F)(F)F)c3)cc21. The van der Waals surface area contributed by atoms with Crippen LogP contribution in [0.3, 0.4) is 0 Å². The standard InChI is InChI=1S/C26H22F6N8O/c1-38-21-14-19(35-20(15-33)24(21)36-37-38)16-2-3-22(18(12-16)26(30,31)32)41-11-10-39-6-8-40(9-7-39)23-13-17(4-5-34-23)25(27,28)29/h2-5,12-14H,6-11H2,1H3. The second-order valence-corrected chi connectivity index (χ2v) is 9.34. The highest BCUT2D eigenvalue weighted by Crippen LogP contribution is 2.39. The van der Waals surface area contributed by atoms with Crippen molar-refractivity contribution in [1.82, 2.24) is 29.9 Å². The summed E-state index contributed by atoms with van der Waals surface area (Å²) in [5.41, 5.74) is -0.817. The third-order valence-electron chi connectivity index (χ3n) is 6.72. The number of piperazine rings is 1. The molecule has 0 spiro atoms. The number of pyridine rings is 2. The molecule has 0 bridgehead atoms. The Bertz CT molecular complexity index is 1600. The number of aryl methyl sites for hydroxylation is 1. The van der Waals surface area contributed by atoms with E-state index in [2.05, 4.69) is 20.3 Å². The third kappa shape index (κ3) is 6.02. The molecule has 0 amide bonds. The number of ether oxygens (including phenoxy) is 1. The van der Waals surface area contributed by atoms with Crippen molar-refractivity contribution >= 4 is 16.9 Å². The lowest BCUT2D eigenvalue weighted by molar-refractivity contribution is -0.139. The van der Waals surface area contributed by atoms with E-state index in [-0.39, 0.29) is 40.6 Å². The van der Waals surface area contributed by atoms with Crippen LogP contribution in [0.15, 0.2) is 42.6 Å². The van der Waals surface area contributed by atoms with Crippen molar-refractivity contribution in [3.8, 4) is 23.1 Å². The predicted octanol–water partition coefficient (Wildman–Crippen LogP) is 4.54. The van der Waals surface area contributed by atoms with E-state index >= 15 is 0 Å². The van der Waals surface area contributed by atoms with E-state index in [1.54, 1.807) is 11.9 Å². The van der Waals surface area contributed by atoms with Crippen LogP contribution < -0.4 is 9.64 Å². The van der Waals surface area contributed by atoms with E-state index in [0.29, 0.717) is 38.2 Å². The molecule has 0 atom stereocenters. The maximum absolute atomic E-state index is 14.0. The van der Waals surface area contributed by atoms with Gasteiger partial charge in [0, 0.05) is 51.5 Å². The number of halogens is 6. The van der Waals surface area contributed by atoms with Gasteiger partial charge in [0.1, 0.15) is 29.8 Å². The molecule has 0 radical (unpaired) electrons. The zero-order valence-electron chi connectivity index (χ0n) is 21.5. The third-order valence-corrected chi connectivity index (χ3v) is 6.72. The number of alkyl halides is 6. The van der Waals surface area contributed by atoms with E-state index < -0.39 is 23.5 Å². The highest BCUT2D eigenvalue weighted by Gasteiger charge is 2.35. The molecule has 41 heavy (non-hydrogen) atoms. The maximum atomic E-state index is 14.0. The monoisotopic (exact) mass is 576 g/mol. The molecule has 1 saturated heterocycles. The molecule has 1 aromatic carbocycles. The van der Waals surface area contributed by atoms with Crippen molar-refractivity contribution in [2.45, 2.75) is 12.4 Å². The predicted molar refractivity (Wildman–Crippen MR) is 135 cm³/mol. The molecule has 1 aliphatic heterocycles. The number of anilines is 1. The summed E-state index contributed by atoms with van der Waals surface area (Å²) in [6.45, 7) is 2.05. The molecule has 0 saturated carbocycles. The molecule has 1 aliphatic rings. The maximum Gasteiger partial charge on any atom is 0.419 e. The second kappa shape index (κ2) is 10.8. The van der Waals surface area contributed by atoms with Gasteiger partial charge in [-0.15, -0.1) is 5.10 Å². The van der Waals surface area contributed by atoms with Crippen molar-refractivity contribution in [1.29, 1.82) is 5.26 Å². The van der Waals surface area contributed by atoms with Gasteiger partial charge in [-0.3, -0.25) is 4.90 Å². The minimum atomic E-state index is -4.72. The molecule has 0 N–H and O–H groups in total. The second-order valence-electron chi connectivity index (χ2n) is 9.34. The van der Waals surface area contributed by atoms with Crippen LogP contribution in [0.25, 0.3) is 22.3 Å². The van der Waals surface area contributed by atoms with Gasteiger partial charge in [0.2, 0.25) is 0 Å². The Kier molecular flexibility index (Phi) is 7.43. The zero-order valence-corrected chi connectivity index (χ0v) is 21.5. The summed E-state index contributed by atoms with van der Waals surface area (Å²) in [4.78, 5) is 11.9. The number of nitrogens with zero attached hydrogens (tertiary/aromatic N) is 8. The van der Waals surface area contributed by atoms with E-state index in [0.717, 1.165) is 24.4 Å². The van der Waals surface area contributed by atoms with Crippen LogP contribution >= 0.6 is 0 Å². The van der Waals surface area contributed by atoms with Crippen LogP contribution in [0.4, 0.5) is 32.2 Å². The molecule has 15 heteroatoms. The lowest BCUT2D eigenvalue weighted by atomic mass is 10.1. The summed E-state index contributed by atoms with van der Waals surface area (Å²) in [5.74, 6) is -0.127. The number of benzene rings is 1. The quantitative estimate of drug-likeness (QED) is 0.309. The minimum absolute atomic E-state index is 0.0340. The first-order valence-corrected chi connectivity index (χ1v) is 12.4. The van der Waals surface area contributed by atoms with Gasteiger partial charge < -0.3 is 9.64 Å². The van der Waals surface area contributed by atoms with Gasteiger partial charge in [-0.25, -0.2) is 14.6 Å². The summed E-state index contributed by atoms with van der Waals surface area (Å²) >= 11 is 0. The Morgan fingerprint density at radius 1 is 0.976 bits per heavy atom. The van der Waals surface area contributed by atoms with Crippen LogP contribution in [-0.2, 0) is 19.4 Å². The molecule has 3 aromatic heterocycles. The van der Waals surface area contributed by atoms with Crippen LogP contribution in [0.5, 0.6) is 5.75 Å². The average molecular weight is 577 g/mol. The lowest BCUT2D eigenvalue weighted by Gasteiger charge is -2.35. The van der Waals surface area contributed by atoms with Crippen LogP contribution in [0.1, 0.15) is 16.8 Å². The van der Waals surface area contributed by atoms with Crippen LogP contribution in [0, 0.1) is 11.3 Å². The Hall–Kier alpha value is -4.45. The number of fused-ring (bicyclic) bond motifs is 1. The average Bonchev–Trinajstić information content (AvgIpc) is 3.32. The zero-order chi connectivity index (χ0) is 29.4. The molecule has 5 rings (SSSR count). The Morgan fingerprint density at radius 3 is 2.41 bits per heavy atom. The highest BCUT2D eigenvalue weighted by atomic mass is 19.4. The fourth-order valence-corrected chi connectivity index (χ4v) is 4.55. The van der Waals surface area contributed by atoms with Crippen LogP contribution in [-0.4, -0.2) is 69.2 Å². The van der Waals surface area contributed by atoms with Gasteiger partial charge in [0.05, 0.1) is 22.3 Å². The Balaban J connectivity index is 1.25. The van der Waals surface area contributed by atoms with Gasteiger partial charge in [-0.1, -0.05) is 5.21 Å². The number of hydrogen-bond acceptors (Lipinski definition) is 8. The molecule has 1 fully saturated rings. The fourth-order valence-electron chi connectivity index (χ4n) is 4.55. The van der Waals surface area contributed by atoms with Crippen molar-refractivity contribution in [3.05, 3.63) is 59.4 Å². The van der Waals surface area contributed by atoms with Crippen LogP contribution in [0.2, 0.25) is 0 Å². The van der Waals surface area contributed by atoms with Gasteiger partial charge >= 0.3 is 12.4 Å². The molecule has 0 unspecified atom stereocenters. The summed E-state index contributed by atoms with van der Waals surface area (Å²) in [6, 6.07) is 8.91. The molecular weight excluding hydrogens is 554 g/mol. The van der Waals surface area contributed by atoms with E-state index in [1.807, 2.05) is 11.0 Å². The first kappa shape index (κ1) is 28.1. The van der Waals surface area contributed by atoms with E-state index in [1.165, 1.54) is 22.9 Å². The largest absolute Gasteiger partial charge is 0.492 e. The number of hydrogen-bond donors (Lipinski definition) is 0. The van der Waals surface area contributed by atoms with Crippen molar-refractivity contribution < 1.29 is 31.1 Å². The first-order chi connectivity index (χ1) is 19.4. The van der Waals surface area contributed by atoms with Gasteiger partial charge in [0.25, 0.3) is 0 Å². The summed E-state index contributed by atoms with van der Waals surface area (Å²) in [7, 11) is 1.60. The molecule has 214 valence electrons. The van der Waals surface area contributed by atoms with Crippen molar-refractivity contribution in [2.75, 3.05) is 44.2 Å². The number of nitriles is 1. The number of rotatable bonds is 6. The van der Waals surface area contributed by atoms with Gasteiger partial charge in [-0.2, -0.15) is 31.6 Å². The fraction of sp³-hybridized carbons (Fsp3) is 0.346. The smallest absolute Gasteiger partial charge is 0.419 e. The van der Waals surface area contributed by atoms with Gasteiger partial charge in [-0.05, 0) is 36.4 Å². The molecule has 4 aromatic rings. The molecular formula is C26H22F6N8O. The Morgan fingerprint density at radius 2 is 1.73 bits per heavy atom. The molecule has 4 heterocycles. The highest BCUT2D eigenvalue weighted by molar-refractivity contribution is 5.83. The van der Waals surface area contributed by atoms with E-state index in [4.69, 9.17) is 4.74 Å². The number of aromatic nitrogens is 5.